The van der Waals surface area contributed by atoms with E-state index in [2.05, 4.69) is 6.92 Å². The number of rotatable bonds is 5. The standard InChI is InChI=1S/C19H27NO3/c1-14-5-9-16(10-6-14)20(2)19(21)12-8-15-7-11-17(22-3)18(13-15)23-4/h7-8,11-14,16H,5-6,9-10H2,1-4H3. The van der Waals surface area contributed by atoms with Gasteiger partial charge in [-0.15, -0.1) is 0 Å². The summed E-state index contributed by atoms with van der Waals surface area (Å²) >= 11 is 0. The molecular formula is C19H27NO3. The highest BCUT2D eigenvalue weighted by Crippen LogP contribution is 2.28. The molecule has 1 aliphatic rings. The quantitative estimate of drug-likeness (QED) is 0.776. The van der Waals surface area contributed by atoms with Crippen LogP contribution in [-0.4, -0.2) is 38.1 Å². The van der Waals surface area contributed by atoms with Gasteiger partial charge in [0.2, 0.25) is 5.91 Å². The summed E-state index contributed by atoms with van der Waals surface area (Å²) < 4.78 is 10.5. The average Bonchev–Trinajstić information content (AvgIpc) is 2.59. The topological polar surface area (TPSA) is 38.8 Å². The van der Waals surface area contributed by atoms with E-state index >= 15 is 0 Å². The van der Waals surface area contributed by atoms with Gasteiger partial charge in [0.25, 0.3) is 0 Å². The summed E-state index contributed by atoms with van der Waals surface area (Å²) in [6.45, 7) is 2.29. The number of likely N-dealkylation sites (N-methyl/N-ethyl adjacent to an activating group) is 1. The SMILES string of the molecule is COc1ccc(C=CC(=O)N(C)C2CCC(C)CC2)cc1OC. The maximum Gasteiger partial charge on any atom is 0.246 e. The van der Waals surface area contributed by atoms with Crippen LogP contribution in [0.25, 0.3) is 6.08 Å². The van der Waals surface area contributed by atoms with Gasteiger partial charge in [-0.3, -0.25) is 4.79 Å². The summed E-state index contributed by atoms with van der Waals surface area (Å²) in [5.74, 6) is 2.19. The van der Waals surface area contributed by atoms with Gasteiger partial charge in [0.1, 0.15) is 0 Å². The number of nitrogens with zero attached hydrogens (tertiary/aromatic N) is 1. The van der Waals surface area contributed by atoms with Gasteiger partial charge >= 0.3 is 0 Å². The summed E-state index contributed by atoms with van der Waals surface area (Å²) in [5.41, 5.74) is 0.918. The van der Waals surface area contributed by atoms with Crippen molar-refractivity contribution in [2.45, 2.75) is 38.6 Å². The summed E-state index contributed by atoms with van der Waals surface area (Å²) in [6, 6.07) is 5.99. The van der Waals surface area contributed by atoms with Crippen molar-refractivity contribution in [2.24, 2.45) is 5.92 Å². The number of methoxy groups -OCH3 is 2. The number of amides is 1. The Balaban J connectivity index is 2.00. The van der Waals surface area contributed by atoms with E-state index in [1.165, 1.54) is 12.8 Å². The molecule has 0 heterocycles. The van der Waals surface area contributed by atoms with Gasteiger partial charge in [-0.1, -0.05) is 13.0 Å². The second-order valence-corrected chi connectivity index (χ2v) is 6.31. The molecule has 0 saturated heterocycles. The minimum Gasteiger partial charge on any atom is -0.493 e. The highest BCUT2D eigenvalue weighted by atomic mass is 16.5. The van der Waals surface area contributed by atoms with Crippen LogP contribution < -0.4 is 9.47 Å². The van der Waals surface area contributed by atoms with Crippen molar-refractivity contribution in [3.8, 4) is 11.5 Å². The molecule has 1 fully saturated rings. The number of carbonyl (C=O) groups excluding carboxylic acids is 1. The van der Waals surface area contributed by atoms with Crippen LogP contribution in [0.15, 0.2) is 24.3 Å². The predicted octanol–water partition coefficient (Wildman–Crippen LogP) is 3.75. The fourth-order valence-corrected chi connectivity index (χ4v) is 3.05. The summed E-state index contributed by atoms with van der Waals surface area (Å²) in [5, 5.41) is 0. The van der Waals surface area contributed by atoms with Crippen molar-refractivity contribution < 1.29 is 14.3 Å². The molecule has 1 aromatic carbocycles. The van der Waals surface area contributed by atoms with Gasteiger partial charge in [0.05, 0.1) is 14.2 Å². The molecule has 0 bridgehead atoms. The number of ether oxygens (including phenoxy) is 2. The molecule has 0 aliphatic heterocycles. The Hall–Kier alpha value is -1.97. The third-order valence-electron chi connectivity index (χ3n) is 4.71. The second-order valence-electron chi connectivity index (χ2n) is 6.31. The number of carbonyl (C=O) groups is 1. The Labute approximate surface area is 139 Å². The lowest BCUT2D eigenvalue weighted by Crippen LogP contribution is -2.38. The van der Waals surface area contributed by atoms with E-state index in [1.54, 1.807) is 20.3 Å². The van der Waals surface area contributed by atoms with Crippen LogP contribution in [0.1, 0.15) is 38.2 Å². The van der Waals surface area contributed by atoms with Crippen molar-refractivity contribution in [3.63, 3.8) is 0 Å². The first-order valence-corrected chi connectivity index (χ1v) is 8.22. The monoisotopic (exact) mass is 317 g/mol. The van der Waals surface area contributed by atoms with Gasteiger partial charge in [0, 0.05) is 19.2 Å². The van der Waals surface area contributed by atoms with Crippen molar-refractivity contribution in [3.05, 3.63) is 29.8 Å². The van der Waals surface area contributed by atoms with Crippen LogP contribution in [0.3, 0.4) is 0 Å². The van der Waals surface area contributed by atoms with Gasteiger partial charge in [-0.05, 0) is 55.4 Å². The predicted molar refractivity (Wildman–Crippen MR) is 92.8 cm³/mol. The van der Waals surface area contributed by atoms with Crippen LogP contribution in [0.2, 0.25) is 0 Å². The highest BCUT2D eigenvalue weighted by Gasteiger charge is 2.23. The molecule has 0 aromatic heterocycles. The molecule has 4 heteroatoms. The first-order chi connectivity index (χ1) is 11.0. The Morgan fingerprint density at radius 2 is 1.78 bits per heavy atom. The molecule has 1 amide bonds. The first-order valence-electron chi connectivity index (χ1n) is 8.22. The third-order valence-corrected chi connectivity index (χ3v) is 4.71. The molecule has 0 spiro atoms. The highest BCUT2D eigenvalue weighted by molar-refractivity contribution is 5.91. The maximum atomic E-state index is 12.4. The van der Waals surface area contributed by atoms with Crippen molar-refractivity contribution in [2.75, 3.05) is 21.3 Å². The lowest BCUT2D eigenvalue weighted by atomic mass is 9.87. The van der Waals surface area contributed by atoms with Crippen LogP contribution >= 0.6 is 0 Å². The largest absolute Gasteiger partial charge is 0.493 e. The molecule has 0 N–H and O–H groups in total. The zero-order valence-electron chi connectivity index (χ0n) is 14.5. The summed E-state index contributed by atoms with van der Waals surface area (Å²) in [7, 11) is 5.12. The lowest BCUT2D eigenvalue weighted by Gasteiger charge is -2.33. The molecule has 0 unspecified atom stereocenters. The molecule has 0 atom stereocenters. The Morgan fingerprint density at radius 3 is 2.39 bits per heavy atom. The van der Waals surface area contributed by atoms with E-state index in [0.717, 1.165) is 24.3 Å². The van der Waals surface area contributed by atoms with Crippen LogP contribution in [-0.2, 0) is 4.79 Å². The smallest absolute Gasteiger partial charge is 0.246 e. The second kappa shape index (κ2) is 8.04. The van der Waals surface area contributed by atoms with E-state index in [9.17, 15) is 4.79 Å². The van der Waals surface area contributed by atoms with Crippen molar-refractivity contribution in [1.29, 1.82) is 0 Å². The van der Waals surface area contributed by atoms with Crippen molar-refractivity contribution >= 4 is 12.0 Å². The molecule has 1 aromatic rings. The van der Waals surface area contributed by atoms with Gasteiger partial charge < -0.3 is 14.4 Å². The fourth-order valence-electron chi connectivity index (χ4n) is 3.05. The molecule has 0 radical (unpaired) electrons. The van der Waals surface area contributed by atoms with E-state index in [-0.39, 0.29) is 5.91 Å². The molecule has 23 heavy (non-hydrogen) atoms. The zero-order chi connectivity index (χ0) is 16.8. The average molecular weight is 317 g/mol. The number of hydrogen-bond donors (Lipinski definition) is 0. The van der Waals surface area contributed by atoms with Crippen LogP contribution in [0.4, 0.5) is 0 Å². The molecule has 4 nitrogen and oxygen atoms in total. The summed E-state index contributed by atoms with van der Waals surface area (Å²) in [4.78, 5) is 14.2. The molecule has 2 rings (SSSR count). The Bertz CT molecular complexity index is 560. The molecule has 1 aliphatic carbocycles. The summed E-state index contributed by atoms with van der Waals surface area (Å²) in [6.07, 6.45) is 8.09. The van der Waals surface area contributed by atoms with E-state index in [0.29, 0.717) is 17.5 Å². The fraction of sp³-hybridized carbons (Fsp3) is 0.526. The van der Waals surface area contributed by atoms with Crippen molar-refractivity contribution in [1.82, 2.24) is 4.90 Å². The lowest BCUT2D eigenvalue weighted by molar-refractivity contribution is -0.127. The maximum absolute atomic E-state index is 12.4. The van der Waals surface area contributed by atoms with E-state index in [4.69, 9.17) is 9.47 Å². The minimum atomic E-state index is 0.0549. The number of benzene rings is 1. The Morgan fingerprint density at radius 1 is 1.13 bits per heavy atom. The van der Waals surface area contributed by atoms with Gasteiger partial charge in [-0.25, -0.2) is 0 Å². The first kappa shape index (κ1) is 17.4. The van der Waals surface area contributed by atoms with E-state index in [1.807, 2.05) is 36.2 Å². The minimum absolute atomic E-state index is 0.0549. The van der Waals surface area contributed by atoms with Gasteiger partial charge in [0.15, 0.2) is 11.5 Å². The van der Waals surface area contributed by atoms with Crippen LogP contribution in [0.5, 0.6) is 11.5 Å². The number of hydrogen-bond acceptors (Lipinski definition) is 3. The Kier molecular flexibility index (Phi) is 6.08. The molecular weight excluding hydrogens is 290 g/mol. The van der Waals surface area contributed by atoms with Crippen LogP contribution in [0, 0.1) is 5.92 Å². The molecule has 1 saturated carbocycles. The van der Waals surface area contributed by atoms with E-state index < -0.39 is 0 Å². The zero-order valence-corrected chi connectivity index (χ0v) is 14.5. The van der Waals surface area contributed by atoms with Gasteiger partial charge in [-0.2, -0.15) is 0 Å². The molecule has 126 valence electrons. The normalized spacial score (nSPS) is 21.2. The third kappa shape index (κ3) is 4.50.